The fourth-order valence-electron chi connectivity index (χ4n) is 0.886. The second-order valence-corrected chi connectivity index (χ2v) is 2.53. The molecule has 0 bridgehead atoms. The van der Waals surface area contributed by atoms with E-state index in [0.717, 1.165) is 12.1 Å². The van der Waals surface area contributed by atoms with E-state index >= 15 is 0 Å². The molecule has 1 aromatic heterocycles. The van der Waals surface area contributed by atoms with Crippen molar-refractivity contribution in [2.75, 3.05) is 0 Å². The molecule has 14 heavy (non-hydrogen) atoms. The molecule has 2 N–H and O–H groups in total. The van der Waals surface area contributed by atoms with Crippen molar-refractivity contribution in [3.8, 4) is 6.07 Å². The van der Waals surface area contributed by atoms with Crippen LogP contribution in [0.2, 0.25) is 0 Å². The number of nitrogens with zero attached hydrogens (tertiary/aromatic N) is 2. The molecular weight excluding hydrogens is 179 g/mol. The summed E-state index contributed by atoms with van der Waals surface area (Å²) in [5.41, 5.74) is -1.48. The van der Waals surface area contributed by atoms with E-state index in [4.69, 9.17) is 24.9 Å². The van der Waals surface area contributed by atoms with Crippen LogP contribution < -0.4 is 5.46 Å². The highest BCUT2D eigenvalue weighted by molar-refractivity contribution is 6.58. The zero-order chi connectivity index (χ0) is 16.6. The first-order valence-corrected chi connectivity index (χ1v) is 3.63. The van der Waals surface area contributed by atoms with Crippen LogP contribution in [0.4, 0.5) is 0 Å². The molecular formula is C9H11BN2O2. The van der Waals surface area contributed by atoms with E-state index in [0.29, 0.717) is 0 Å². The Morgan fingerprint density at radius 1 is 1.64 bits per heavy atom. The lowest BCUT2D eigenvalue weighted by Crippen LogP contribution is -2.31. The van der Waals surface area contributed by atoms with Crippen molar-refractivity contribution in [1.82, 2.24) is 4.98 Å². The molecule has 1 heterocycles. The quantitative estimate of drug-likeness (QED) is 0.641. The molecule has 1 aromatic rings. The standard InChI is InChI=1S/C9H11BN2O2/c1-6(2)9-4-7(10(13)14)3-8(5-11)12-9/h3-4,6,13-14H,1-2H3/i1D3,2D3,6D. The maximum absolute atomic E-state index is 9.12. The lowest BCUT2D eigenvalue weighted by atomic mass is 9.79. The second-order valence-electron chi connectivity index (χ2n) is 2.53. The van der Waals surface area contributed by atoms with Crippen LogP contribution in [0.15, 0.2) is 12.1 Å². The number of hydrogen-bond donors (Lipinski definition) is 2. The van der Waals surface area contributed by atoms with Gasteiger partial charge in [-0.25, -0.2) is 4.98 Å². The van der Waals surface area contributed by atoms with Crippen LogP contribution in [0.1, 0.15) is 40.6 Å². The lowest BCUT2D eigenvalue weighted by molar-refractivity contribution is 0.425. The third-order valence-electron chi connectivity index (χ3n) is 1.52. The Hall–Kier alpha value is -1.38. The lowest BCUT2D eigenvalue weighted by Gasteiger charge is -2.07. The number of aromatic nitrogens is 1. The topological polar surface area (TPSA) is 77.1 Å². The van der Waals surface area contributed by atoms with Gasteiger partial charge in [-0.15, -0.1) is 0 Å². The van der Waals surface area contributed by atoms with Crippen LogP contribution in [0.25, 0.3) is 0 Å². The van der Waals surface area contributed by atoms with Gasteiger partial charge in [-0.05, 0) is 23.5 Å². The van der Waals surface area contributed by atoms with E-state index in [1.807, 2.05) is 0 Å². The Labute approximate surface area is 92.8 Å². The summed E-state index contributed by atoms with van der Waals surface area (Å²) in [6.07, 6.45) is 0. The fraction of sp³-hybridized carbons (Fsp3) is 0.333. The normalized spacial score (nSPS) is 19.9. The molecule has 5 heteroatoms. The monoisotopic (exact) mass is 197 g/mol. The number of nitriles is 1. The van der Waals surface area contributed by atoms with Gasteiger partial charge in [0.05, 0.1) is 0 Å². The summed E-state index contributed by atoms with van der Waals surface area (Å²) in [6.45, 7) is -6.53. The van der Waals surface area contributed by atoms with Crippen LogP contribution in [0.3, 0.4) is 0 Å². The highest BCUT2D eigenvalue weighted by atomic mass is 16.4. The predicted octanol–water partition coefficient (Wildman–Crippen LogP) is -0.244. The molecule has 0 amide bonds. The summed E-state index contributed by atoms with van der Waals surface area (Å²) in [5, 5.41) is 27.1. The first-order valence-electron chi connectivity index (χ1n) is 7.13. The molecule has 0 atom stereocenters. The molecule has 0 aliphatic carbocycles. The summed E-state index contributed by atoms with van der Waals surface area (Å²) in [4.78, 5) is 3.55. The molecule has 72 valence electrons. The van der Waals surface area contributed by atoms with Gasteiger partial charge in [0.25, 0.3) is 0 Å². The van der Waals surface area contributed by atoms with Crippen LogP contribution in [0.5, 0.6) is 0 Å². The fourth-order valence-corrected chi connectivity index (χ4v) is 0.886. The van der Waals surface area contributed by atoms with Gasteiger partial charge in [0.1, 0.15) is 11.8 Å². The van der Waals surface area contributed by atoms with Gasteiger partial charge in [0.15, 0.2) is 0 Å². The minimum atomic E-state index is -3.27. The Kier molecular flexibility index (Phi) is 1.34. The van der Waals surface area contributed by atoms with E-state index in [9.17, 15) is 0 Å². The SMILES string of the molecule is [2H]C([2H])([2H])C([2H])(c1cc(B(O)O)cc(C#N)n1)C([2H])([2H])[2H]. The minimum absolute atomic E-state index is 0.318. The summed E-state index contributed by atoms with van der Waals surface area (Å²) >= 11 is 0. The van der Waals surface area contributed by atoms with Crippen molar-refractivity contribution in [2.24, 2.45) is 0 Å². The molecule has 0 saturated heterocycles. The number of rotatable bonds is 2. The molecule has 0 radical (unpaired) electrons. The summed E-state index contributed by atoms with van der Waals surface area (Å²) in [5.74, 6) is -3.10. The molecule has 4 nitrogen and oxygen atoms in total. The van der Waals surface area contributed by atoms with Crippen molar-refractivity contribution in [3.05, 3.63) is 23.5 Å². The first-order chi connectivity index (χ1) is 9.34. The number of pyridine rings is 1. The summed E-state index contributed by atoms with van der Waals surface area (Å²) in [7, 11) is -2.06. The van der Waals surface area contributed by atoms with E-state index in [1.54, 1.807) is 6.07 Å². The maximum Gasteiger partial charge on any atom is 0.488 e. The van der Waals surface area contributed by atoms with Crippen molar-refractivity contribution < 1.29 is 19.6 Å². The Morgan fingerprint density at radius 2 is 2.36 bits per heavy atom. The van der Waals surface area contributed by atoms with Gasteiger partial charge >= 0.3 is 7.12 Å². The van der Waals surface area contributed by atoms with E-state index in [-0.39, 0.29) is 5.46 Å². The average Bonchev–Trinajstić information content (AvgIpc) is 2.34. The van der Waals surface area contributed by atoms with Crippen molar-refractivity contribution >= 4 is 12.6 Å². The Morgan fingerprint density at radius 3 is 2.86 bits per heavy atom. The zero-order valence-corrected chi connectivity index (χ0v) is 7.02. The molecule has 0 aliphatic heterocycles. The predicted molar refractivity (Wildman–Crippen MR) is 52.9 cm³/mol. The average molecular weight is 197 g/mol. The van der Waals surface area contributed by atoms with E-state index in [2.05, 4.69) is 4.98 Å². The maximum atomic E-state index is 9.12. The molecule has 0 fully saturated rings. The molecule has 0 aromatic carbocycles. The van der Waals surface area contributed by atoms with E-state index < -0.39 is 38.1 Å². The molecule has 1 rings (SSSR count). The summed E-state index contributed by atoms with van der Waals surface area (Å²) in [6, 6.07) is 3.31. The molecule has 0 unspecified atom stereocenters. The zero-order valence-electron chi connectivity index (χ0n) is 14.0. The van der Waals surface area contributed by atoms with Crippen LogP contribution in [-0.2, 0) is 0 Å². The van der Waals surface area contributed by atoms with Gasteiger partial charge in [-0.1, -0.05) is 13.7 Å². The van der Waals surface area contributed by atoms with Gasteiger partial charge in [-0.3, -0.25) is 0 Å². The van der Waals surface area contributed by atoms with Crippen LogP contribution in [-0.4, -0.2) is 22.2 Å². The third kappa shape index (κ3) is 2.31. The highest BCUT2D eigenvalue weighted by Gasteiger charge is 2.14. The number of hydrogen-bond acceptors (Lipinski definition) is 4. The van der Waals surface area contributed by atoms with Crippen LogP contribution >= 0.6 is 0 Å². The van der Waals surface area contributed by atoms with Gasteiger partial charge in [0, 0.05) is 15.3 Å². The summed E-state index contributed by atoms with van der Waals surface area (Å²) < 4.78 is 51.8. The molecule has 0 saturated carbocycles. The van der Waals surface area contributed by atoms with E-state index in [1.165, 1.54) is 0 Å². The Balaban J connectivity index is 3.69. The second kappa shape index (κ2) is 4.22. The molecule has 0 spiro atoms. The molecule has 0 aliphatic rings. The minimum Gasteiger partial charge on any atom is -0.423 e. The highest BCUT2D eigenvalue weighted by Crippen LogP contribution is 2.10. The third-order valence-corrected chi connectivity index (χ3v) is 1.52. The first kappa shape index (κ1) is 4.43. The Bertz CT molecular complexity index is 565. The largest absolute Gasteiger partial charge is 0.488 e. The van der Waals surface area contributed by atoms with Gasteiger partial charge in [-0.2, -0.15) is 5.26 Å². The van der Waals surface area contributed by atoms with Crippen molar-refractivity contribution in [2.45, 2.75) is 19.6 Å². The van der Waals surface area contributed by atoms with Crippen molar-refractivity contribution in [3.63, 3.8) is 0 Å². The smallest absolute Gasteiger partial charge is 0.423 e. The van der Waals surface area contributed by atoms with Gasteiger partial charge in [0.2, 0.25) is 0 Å². The van der Waals surface area contributed by atoms with Gasteiger partial charge < -0.3 is 10.0 Å². The van der Waals surface area contributed by atoms with Crippen LogP contribution in [0, 0.1) is 11.3 Å². The van der Waals surface area contributed by atoms with Crippen molar-refractivity contribution in [1.29, 1.82) is 5.26 Å².